The lowest BCUT2D eigenvalue weighted by molar-refractivity contribution is -0.176. The second-order valence-electron chi connectivity index (χ2n) is 9.22. The summed E-state index contributed by atoms with van der Waals surface area (Å²) in [5.41, 5.74) is 2.35. The molecule has 2 aromatic rings. The number of hydrogen-bond acceptors (Lipinski definition) is 10. The molecule has 0 spiro atoms. The van der Waals surface area contributed by atoms with Crippen LogP contribution in [0.5, 0.6) is 5.75 Å². The molecule has 0 N–H and O–H groups in total. The van der Waals surface area contributed by atoms with E-state index in [9.17, 15) is 19.2 Å². The van der Waals surface area contributed by atoms with Crippen molar-refractivity contribution < 1.29 is 47.6 Å². The topological polar surface area (TPSA) is 124 Å². The van der Waals surface area contributed by atoms with Crippen molar-refractivity contribution >= 4 is 35.5 Å². The van der Waals surface area contributed by atoms with Crippen LogP contribution in [0.15, 0.2) is 42.5 Å². The summed E-state index contributed by atoms with van der Waals surface area (Å²) in [6.45, 7) is 6.91. The molecular weight excluding hydrogens is 544 g/mol. The second kappa shape index (κ2) is 14.1. The molecule has 0 saturated carbocycles. The van der Waals surface area contributed by atoms with E-state index < -0.39 is 54.4 Å². The van der Waals surface area contributed by atoms with E-state index in [1.165, 1.54) is 27.7 Å². The van der Waals surface area contributed by atoms with Gasteiger partial charge in [-0.2, -0.15) is 0 Å². The fraction of sp³-hybridized carbons (Fsp3) is 0.448. The molecule has 1 heterocycles. The maximum absolute atomic E-state index is 12.1. The zero-order valence-corrected chi connectivity index (χ0v) is 23.8. The number of esters is 4. The van der Waals surface area contributed by atoms with Crippen LogP contribution < -0.4 is 4.74 Å². The molecule has 0 aromatic heterocycles. The van der Waals surface area contributed by atoms with E-state index in [0.717, 1.165) is 16.9 Å². The summed E-state index contributed by atoms with van der Waals surface area (Å²) in [7, 11) is 0. The molecule has 1 saturated heterocycles. The summed E-state index contributed by atoms with van der Waals surface area (Å²) < 4.78 is 33.4. The second-order valence-corrected chi connectivity index (χ2v) is 9.63. The van der Waals surface area contributed by atoms with Gasteiger partial charge in [0.1, 0.15) is 24.6 Å². The van der Waals surface area contributed by atoms with E-state index in [1.807, 2.05) is 37.3 Å². The molecule has 0 bridgehead atoms. The molecule has 0 amide bonds. The molecule has 1 unspecified atom stereocenters. The molecule has 1 aliphatic rings. The summed E-state index contributed by atoms with van der Waals surface area (Å²) in [4.78, 5) is 47.5. The Balaban J connectivity index is 1.99. The minimum Gasteiger partial charge on any atom is -0.494 e. The molecule has 40 heavy (non-hydrogen) atoms. The minimum absolute atomic E-state index is 0.361. The first-order valence-electron chi connectivity index (χ1n) is 12.8. The monoisotopic (exact) mass is 576 g/mol. The quantitative estimate of drug-likeness (QED) is 0.285. The highest BCUT2D eigenvalue weighted by atomic mass is 35.5. The number of ether oxygens (including phenoxy) is 6. The zero-order valence-electron chi connectivity index (χ0n) is 23.0. The number of hydrogen-bond donors (Lipinski definition) is 0. The van der Waals surface area contributed by atoms with Gasteiger partial charge in [0.05, 0.1) is 6.61 Å². The molecular formula is C29H33ClO10. The van der Waals surface area contributed by atoms with E-state index in [2.05, 4.69) is 0 Å². The Labute approximate surface area is 237 Å². The Bertz CT molecular complexity index is 1210. The van der Waals surface area contributed by atoms with Crippen LogP contribution in [0.25, 0.3) is 0 Å². The Hall–Kier alpha value is -3.63. The average Bonchev–Trinajstić information content (AvgIpc) is 3.20. The molecule has 216 valence electrons. The van der Waals surface area contributed by atoms with Crippen molar-refractivity contribution in [2.45, 2.75) is 71.6 Å². The largest absolute Gasteiger partial charge is 0.494 e. The normalized spacial score (nSPS) is 20.8. The number of rotatable bonds is 11. The molecule has 10 nitrogen and oxygen atoms in total. The lowest BCUT2D eigenvalue weighted by Gasteiger charge is -2.27. The Kier molecular flexibility index (Phi) is 10.9. The third-order valence-electron chi connectivity index (χ3n) is 6.02. The van der Waals surface area contributed by atoms with E-state index in [1.54, 1.807) is 12.1 Å². The van der Waals surface area contributed by atoms with Crippen LogP contribution in [0.4, 0.5) is 0 Å². The summed E-state index contributed by atoms with van der Waals surface area (Å²) in [6.07, 6.45) is -4.97. The lowest BCUT2D eigenvalue weighted by atomic mass is 9.96. The van der Waals surface area contributed by atoms with Crippen LogP contribution in [0.3, 0.4) is 0 Å². The van der Waals surface area contributed by atoms with Gasteiger partial charge in [-0.05, 0) is 48.2 Å². The van der Waals surface area contributed by atoms with Crippen molar-refractivity contribution in [2.24, 2.45) is 0 Å². The fourth-order valence-electron chi connectivity index (χ4n) is 4.50. The standard InChI is InChI=1S/C29H33ClO10/c1-6-35-23-10-7-20(8-11-23)13-22-14-21(9-12-24(22)30)26-28(38-18(4)33)29(39-19(5)34)27(40-26)25(37-17(3)32)15-36-16(2)31/h7-12,14,25-29H,6,13,15H2,1-5H3/t25-,26+,27-,28?,29+/m1/s1. The Morgan fingerprint density at radius 2 is 1.52 bits per heavy atom. The molecule has 2 aromatic carbocycles. The van der Waals surface area contributed by atoms with Crippen LogP contribution in [0.1, 0.15) is 57.4 Å². The smallest absolute Gasteiger partial charge is 0.303 e. The van der Waals surface area contributed by atoms with Gasteiger partial charge >= 0.3 is 23.9 Å². The van der Waals surface area contributed by atoms with Crippen LogP contribution in [0.2, 0.25) is 5.02 Å². The van der Waals surface area contributed by atoms with Gasteiger partial charge in [0.25, 0.3) is 0 Å². The molecule has 1 aliphatic heterocycles. The van der Waals surface area contributed by atoms with Crippen LogP contribution in [0, 0.1) is 0 Å². The third kappa shape index (κ3) is 8.43. The molecule has 3 rings (SSSR count). The highest BCUT2D eigenvalue weighted by Crippen LogP contribution is 2.40. The van der Waals surface area contributed by atoms with Crippen molar-refractivity contribution in [3.05, 3.63) is 64.2 Å². The summed E-state index contributed by atoms with van der Waals surface area (Å²) in [5, 5.41) is 0.514. The van der Waals surface area contributed by atoms with Gasteiger partial charge in [0, 0.05) is 32.7 Å². The maximum atomic E-state index is 12.1. The van der Waals surface area contributed by atoms with Gasteiger partial charge < -0.3 is 28.4 Å². The number of carbonyl (C=O) groups excluding carboxylic acids is 4. The van der Waals surface area contributed by atoms with E-state index >= 15 is 0 Å². The molecule has 11 heteroatoms. The van der Waals surface area contributed by atoms with Gasteiger partial charge in [-0.3, -0.25) is 19.2 Å². The molecule has 0 aliphatic carbocycles. The predicted octanol–water partition coefficient (Wildman–Crippen LogP) is 4.13. The van der Waals surface area contributed by atoms with Crippen LogP contribution >= 0.6 is 11.6 Å². The predicted molar refractivity (Wildman–Crippen MR) is 143 cm³/mol. The number of benzene rings is 2. The van der Waals surface area contributed by atoms with Crippen molar-refractivity contribution in [3.63, 3.8) is 0 Å². The lowest BCUT2D eigenvalue weighted by Crippen LogP contribution is -2.46. The Morgan fingerprint density at radius 3 is 2.10 bits per heavy atom. The zero-order chi connectivity index (χ0) is 29.4. The van der Waals surface area contributed by atoms with Crippen LogP contribution in [-0.4, -0.2) is 61.5 Å². The van der Waals surface area contributed by atoms with E-state index in [-0.39, 0.29) is 6.61 Å². The first-order chi connectivity index (χ1) is 19.0. The van der Waals surface area contributed by atoms with Crippen LogP contribution in [-0.2, 0) is 49.3 Å². The first-order valence-corrected chi connectivity index (χ1v) is 13.2. The summed E-state index contributed by atoms with van der Waals surface area (Å²) in [5.74, 6) is -1.82. The fourth-order valence-corrected chi connectivity index (χ4v) is 4.69. The number of halogens is 1. The van der Waals surface area contributed by atoms with Crippen molar-refractivity contribution in [2.75, 3.05) is 13.2 Å². The third-order valence-corrected chi connectivity index (χ3v) is 6.38. The van der Waals surface area contributed by atoms with Gasteiger partial charge in [-0.15, -0.1) is 0 Å². The highest BCUT2D eigenvalue weighted by molar-refractivity contribution is 6.31. The van der Waals surface area contributed by atoms with Gasteiger partial charge in [0.2, 0.25) is 0 Å². The molecule has 0 radical (unpaired) electrons. The van der Waals surface area contributed by atoms with E-state index in [4.69, 9.17) is 40.0 Å². The Morgan fingerprint density at radius 1 is 0.875 bits per heavy atom. The molecule has 1 fully saturated rings. The maximum Gasteiger partial charge on any atom is 0.303 e. The van der Waals surface area contributed by atoms with Gasteiger partial charge in [0.15, 0.2) is 18.3 Å². The SMILES string of the molecule is CCOc1ccc(Cc2cc([C@@H]3O[C@H]([C@@H](COC(C)=O)OC(C)=O)[C@H](OC(C)=O)C3OC(C)=O)ccc2Cl)cc1. The average molecular weight is 577 g/mol. The van der Waals surface area contributed by atoms with Crippen molar-refractivity contribution in [3.8, 4) is 5.75 Å². The van der Waals surface area contributed by atoms with Gasteiger partial charge in [-0.1, -0.05) is 35.9 Å². The molecule has 5 atom stereocenters. The van der Waals surface area contributed by atoms with E-state index in [0.29, 0.717) is 23.6 Å². The first kappa shape index (κ1) is 30.9. The number of carbonyl (C=O) groups is 4. The van der Waals surface area contributed by atoms with Crippen molar-refractivity contribution in [1.82, 2.24) is 0 Å². The summed E-state index contributed by atoms with van der Waals surface area (Å²) >= 11 is 6.53. The minimum atomic E-state index is -1.17. The summed E-state index contributed by atoms with van der Waals surface area (Å²) in [6, 6.07) is 12.9. The highest BCUT2D eigenvalue weighted by Gasteiger charge is 2.53. The van der Waals surface area contributed by atoms with Crippen molar-refractivity contribution in [1.29, 1.82) is 0 Å². The van der Waals surface area contributed by atoms with Gasteiger partial charge in [-0.25, -0.2) is 0 Å².